The Hall–Kier alpha value is -4.72. The molecule has 0 aromatic heterocycles. The Labute approximate surface area is 367 Å². The van der Waals surface area contributed by atoms with Crippen LogP contribution in [0.15, 0.2) is 132 Å². The number of carbonyl (C=O) groups is 1. The molecule has 62 heavy (non-hydrogen) atoms. The van der Waals surface area contributed by atoms with Gasteiger partial charge < -0.3 is 24.8 Å². The number of rotatable bonds is 16. The van der Waals surface area contributed by atoms with Crippen molar-refractivity contribution < 1.29 is 27.8 Å². The Morgan fingerprint density at radius 1 is 0.758 bits per heavy atom. The lowest BCUT2D eigenvalue weighted by Crippen LogP contribution is -2.48. The van der Waals surface area contributed by atoms with Crippen LogP contribution < -0.4 is 10.0 Å². The molecule has 5 aromatic carbocycles. The molecule has 8 rings (SSSR count). The molecule has 3 saturated heterocycles. The molecular weight excluding hydrogens is 797 g/mol. The molecule has 0 spiro atoms. The number of sulfonamides is 1. The highest BCUT2D eigenvalue weighted by Gasteiger charge is 2.41. The van der Waals surface area contributed by atoms with Gasteiger partial charge in [-0.25, -0.2) is 8.42 Å². The average Bonchev–Trinajstić information content (AvgIpc) is 3.99. The Bertz CT molecular complexity index is 2340. The third kappa shape index (κ3) is 10.9. The SMILES string of the molecule is Cc1ccc(S(=O)(=O)NC(Cc2ccccc2)C(=O)NCc2cccc(-c3ccc(C4OC(CN5CCCC5CN5CCCC5)C(C)C(c5ccc(CO)cc5)O4)cc3)c2)cc1. The maximum atomic E-state index is 13.7. The van der Waals surface area contributed by atoms with Gasteiger partial charge >= 0.3 is 0 Å². The number of hydrogen-bond acceptors (Lipinski definition) is 8. The van der Waals surface area contributed by atoms with Crippen LogP contribution in [0.25, 0.3) is 11.1 Å². The molecular formula is C51H60N4O6S. The van der Waals surface area contributed by atoms with E-state index in [0.29, 0.717) is 6.04 Å². The fourth-order valence-electron chi connectivity index (χ4n) is 9.18. The highest BCUT2D eigenvalue weighted by atomic mass is 32.2. The summed E-state index contributed by atoms with van der Waals surface area (Å²) >= 11 is 0. The molecule has 3 fully saturated rings. The molecule has 0 aliphatic carbocycles. The molecule has 6 atom stereocenters. The highest BCUT2D eigenvalue weighted by Crippen LogP contribution is 2.42. The highest BCUT2D eigenvalue weighted by molar-refractivity contribution is 7.89. The Kier molecular flexibility index (Phi) is 14.3. The van der Waals surface area contributed by atoms with Gasteiger partial charge in [-0.15, -0.1) is 0 Å². The molecule has 3 heterocycles. The van der Waals surface area contributed by atoms with Crippen molar-refractivity contribution in [3.05, 3.63) is 161 Å². The van der Waals surface area contributed by atoms with Crippen molar-refractivity contribution >= 4 is 15.9 Å². The Balaban J connectivity index is 0.957. The number of aryl methyl sites for hydroxylation is 1. The Morgan fingerprint density at radius 2 is 1.47 bits per heavy atom. The number of aliphatic hydroxyl groups excluding tert-OH is 1. The van der Waals surface area contributed by atoms with Crippen LogP contribution >= 0.6 is 0 Å². The van der Waals surface area contributed by atoms with Gasteiger partial charge in [0.15, 0.2) is 6.29 Å². The number of hydrogen-bond donors (Lipinski definition) is 3. The topological polar surface area (TPSA) is 120 Å². The number of nitrogens with zero attached hydrogens (tertiary/aromatic N) is 2. The van der Waals surface area contributed by atoms with Gasteiger partial charge in [-0.2, -0.15) is 4.72 Å². The normalized spacial score (nSPS) is 22.7. The summed E-state index contributed by atoms with van der Waals surface area (Å²) in [6.07, 6.45) is 4.47. The van der Waals surface area contributed by atoms with Crippen LogP contribution in [0, 0.1) is 12.8 Å². The van der Waals surface area contributed by atoms with Crippen LogP contribution in [0.3, 0.4) is 0 Å². The maximum absolute atomic E-state index is 13.7. The van der Waals surface area contributed by atoms with E-state index in [2.05, 4.69) is 63.2 Å². The number of ether oxygens (including phenoxy) is 2. The van der Waals surface area contributed by atoms with E-state index in [1.165, 1.54) is 38.8 Å². The van der Waals surface area contributed by atoms with Gasteiger partial charge in [0.2, 0.25) is 15.9 Å². The molecule has 6 unspecified atom stereocenters. The molecule has 0 bridgehead atoms. The summed E-state index contributed by atoms with van der Waals surface area (Å²) in [7, 11) is -3.96. The average molecular weight is 857 g/mol. The van der Waals surface area contributed by atoms with Crippen LogP contribution in [-0.2, 0) is 43.9 Å². The molecule has 10 nitrogen and oxygen atoms in total. The van der Waals surface area contributed by atoms with Gasteiger partial charge in [-0.1, -0.05) is 122 Å². The van der Waals surface area contributed by atoms with Crippen molar-refractivity contribution in [2.45, 2.75) is 94.6 Å². The second-order valence-electron chi connectivity index (χ2n) is 17.3. The molecule has 0 saturated carbocycles. The number of benzene rings is 5. The maximum Gasteiger partial charge on any atom is 0.241 e. The van der Waals surface area contributed by atoms with Crippen molar-refractivity contribution in [2.24, 2.45) is 5.92 Å². The lowest BCUT2D eigenvalue weighted by Gasteiger charge is -2.43. The van der Waals surface area contributed by atoms with Crippen LogP contribution in [0.2, 0.25) is 0 Å². The van der Waals surface area contributed by atoms with E-state index in [-0.39, 0.29) is 42.6 Å². The van der Waals surface area contributed by atoms with Crippen LogP contribution in [0.4, 0.5) is 0 Å². The van der Waals surface area contributed by atoms with E-state index in [1.54, 1.807) is 24.3 Å². The second kappa shape index (κ2) is 20.2. The first-order chi connectivity index (χ1) is 30.1. The molecule has 0 radical (unpaired) electrons. The van der Waals surface area contributed by atoms with Gasteiger partial charge in [-0.3, -0.25) is 9.69 Å². The van der Waals surface area contributed by atoms with E-state index in [1.807, 2.05) is 73.7 Å². The Morgan fingerprint density at radius 3 is 2.19 bits per heavy atom. The van der Waals surface area contributed by atoms with Crippen LogP contribution in [-0.4, -0.2) is 80.1 Å². The molecule has 11 heteroatoms. The fraction of sp³-hybridized carbons (Fsp3) is 0.392. The fourth-order valence-corrected chi connectivity index (χ4v) is 10.4. The van der Waals surface area contributed by atoms with E-state index in [0.717, 1.165) is 64.1 Å². The van der Waals surface area contributed by atoms with Crippen molar-refractivity contribution in [1.82, 2.24) is 19.8 Å². The van der Waals surface area contributed by atoms with Crippen molar-refractivity contribution in [2.75, 3.05) is 32.7 Å². The molecule has 3 N–H and O–H groups in total. The number of likely N-dealkylation sites (tertiary alicyclic amines) is 2. The minimum absolute atomic E-state index is 0.00108. The first kappa shape index (κ1) is 43.9. The largest absolute Gasteiger partial charge is 0.392 e. The summed E-state index contributed by atoms with van der Waals surface area (Å²) in [4.78, 5) is 19.1. The molecule has 3 aliphatic rings. The first-order valence-corrected chi connectivity index (χ1v) is 23.7. The smallest absolute Gasteiger partial charge is 0.241 e. The number of amides is 1. The molecule has 1 amide bonds. The summed E-state index contributed by atoms with van der Waals surface area (Å²) < 4.78 is 43.2. The van der Waals surface area contributed by atoms with E-state index >= 15 is 0 Å². The molecule has 3 aliphatic heterocycles. The van der Waals surface area contributed by atoms with Crippen LogP contribution in [0.1, 0.15) is 78.4 Å². The van der Waals surface area contributed by atoms with Gasteiger partial charge in [0.25, 0.3) is 0 Å². The minimum atomic E-state index is -3.96. The van der Waals surface area contributed by atoms with Gasteiger partial charge in [0, 0.05) is 37.2 Å². The minimum Gasteiger partial charge on any atom is -0.392 e. The van der Waals surface area contributed by atoms with E-state index in [4.69, 9.17) is 9.47 Å². The zero-order valence-corrected chi connectivity index (χ0v) is 36.7. The summed E-state index contributed by atoms with van der Waals surface area (Å²) in [5.74, 6) is -0.294. The number of nitrogens with one attached hydrogen (secondary N) is 2. The predicted octanol–water partition coefficient (Wildman–Crippen LogP) is 7.71. The number of carbonyl (C=O) groups excluding carboxylic acids is 1. The molecule has 326 valence electrons. The quantitative estimate of drug-likeness (QED) is 0.0924. The third-order valence-electron chi connectivity index (χ3n) is 12.8. The summed E-state index contributed by atoms with van der Waals surface area (Å²) in [6, 6.07) is 39.9. The van der Waals surface area contributed by atoms with Crippen LogP contribution in [0.5, 0.6) is 0 Å². The van der Waals surface area contributed by atoms with E-state index in [9.17, 15) is 18.3 Å². The van der Waals surface area contributed by atoms with Gasteiger partial charge in [-0.05, 0) is 110 Å². The summed E-state index contributed by atoms with van der Waals surface area (Å²) in [6.45, 7) is 9.85. The summed E-state index contributed by atoms with van der Waals surface area (Å²) in [5.41, 5.74) is 7.57. The lowest BCUT2D eigenvalue weighted by molar-refractivity contribution is -0.276. The van der Waals surface area contributed by atoms with Gasteiger partial charge in [0.05, 0.1) is 23.7 Å². The zero-order chi connectivity index (χ0) is 43.1. The standard InChI is InChI=1S/C51H60N4O6S/c1-36-15-25-46(26-16-36)62(58,59)53-47(31-38-10-4-3-5-11-38)50(57)52-32-40-12-8-13-44(30-40)41-21-23-43(24-22-41)51-60-48(34-55-29-9-14-45(55)33-54-27-6-7-28-54)37(2)49(61-51)42-19-17-39(35-56)18-20-42/h3-5,8,10-13,15-26,30,37,45,47-49,51,53,56H,6-7,9,14,27-29,31-35H2,1-2H3,(H,52,57). The molecule has 5 aromatic rings. The van der Waals surface area contributed by atoms with Crippen molar-refractivity contribution in [1.29, 1.82) is 0 Å². The predicted molar refractivity (Wildman–Crippen MR) is 242 cm³/mol. The summed E-state index contributed by atoms with van der Waals surface area (Å²) in [5, 5.41) is 12.7. The number of aliphatic hydroxyl groups is 1. The van der Waals surface area contributed by atoms with E-state index < -0.39 is 28.3 Å². The van der Waals surface area contributed by atoms with Crippen molar-refractivity contribution in [3.63, 3.8) is 0 Å². The van der Waals surface area contributed by atoms with Gasteiger partial charge in [0.1, 0.15) is 6.04 Å². The lowest BCUT2D eigenvalue weighted by atomic mass is 9.89. The zero-order valence-electron chi connectivity index (χ0n) is 35.9. The first-order valence-electron chi connectivity index (χ1n) is 22.2. The van der Waals surface area contributed by atoms with Crippen molar-refractivity contribution in [3.8, 4) is 11.1 Å². The monoisotopic (exact) mass is 856 g/mol. The second-order valence-corrected chi connectivity index (χ2v) is 19.1. The third-order valence-corrected chi connectivity index (χ3v) is 14.3.